The number of rotatable bonds is 5. The van der Waals surface area contributed by atoms with Gasteiger partial charge in [0.25, 0.3) is 11.8 Å². The Kier molecular flexibility index (Phi) is 4.65. The van der Waals surface area contributed by atoms with Crippen molar-refractivity contribution < 1.29 is 19.2 Å². The van der Waals surface area contributed by atoms with Crippen LogP contribution in [0.15, 0.2) is 48.5 Å². The zero-order chi connectivity index (χ0) is 19.7. The quantitative estimate of drug-likeness (QED) is 0.804. The Morgan fingerprint density at radius 1 is 0.929 bits per heavy atom. The van der Waals surface area contributed by atoms with E-state index < -0.39 is 17.7 Å². The Morgan fingerprint density at radius 3 is 2.14 bits per heavy atom. The number of nitrogens with zero attached hydrogens (tertiary/aromatic N) is 2. The van der Waals surface area contributed by atoms with E-state index in [1.807, 2.05) is 24.3 Å². The number of nitrogens with one attached hydrogen (secondary N) is 1. The standard InChI is InChI=1S/C21H19N3O4/c25-18(13-24-20(27)16-4-1-2-5-17(16)21(24)28)22-12-14-7-9-15(10-8-14)23-11-3-6-19(23)26/h1-2,4-5,7-10H,3,6,11-13H2,(H,22,25). The average molecular weight is 377 g/mol. The highest BCUT2D eigenvalue weighted by Gasteiger charge is 2.36. The van der Waals surface area contributed by atoms with Crippen LogP contribution in [-0.4, -0.2) is 41.6 Å². The summed E-state index contributed by atoms with van der Waals surface area (Å²) < 4.78 is 0. The van der Waals surface area contributed by atoms with Gasteiger partial charge in [-0.15, -0.1) is 0 Å². The molecule has 0 radical (unpaired) electrons. The third kappa shape index (κ3) is 3.26. The van der Waals surface area contributed by atoms with Gasteiger partial charge in [-0.2, -0.15) is 0 Å². The molecule has 142 valence electrons. The van der Waals surface area contributed by atoms with Gasteiger partial charge in [-0.25, -0.2) is 0 Å². The molecule has 0 unspecified atom stereocenters. The molecule has 2 aliphatic heterocycles. The van der Waals surface area contributed by atoms with Crippen molar-refractivity contribution in [2.24, 2.45) is 0 Å². The van der Waals surface area contributed by atoms with Crippen molar-refractivity contribution >= 4 is 29.3 Å². The van der Waals surface area contributed by atoms with Crippen molar-refractivity contribution in [1.29, 1.82) is 0 Å². The lowest BCUT2D eigenvalue weighted by molar-refractivity contribution is -0.121. The second-order valence-corrected chi connectivity index (χ2v) is 6.83. The predicted octanol–water partition coefficient (Wildman–Crippen LogP) is 1.73. The molecule has 1 saturated heterocycles. The van der Waals surface area contributed by atoms with Crippen LogP contribution in [0.2, 0.25) is 0 Å². The highest BCUT2D eigenvalue weighted by molar-refractivity contribution is 6.22. The predicted molar refractivity (Wildman–Crippen MR) is 102 cm³/mol. The number of benzene rings is 2. The lowest BCUT2D eigenvalue weighted by Crippen LogP contribution is -2.40. The molecule has 1 fully saturated rings. The fraction of sp³-hybridized carbons (Fsp3) is 0.238. The van der Waals surface area contributed by atoms with Crippen LogP contribution in [0.3, 0.4) is 0 Å². The molecule has 1 N–H and O–H groups in total. The van der Waals surface area contributed by atoms with Crippen LogP contribution >= 0.6 is 0 Å². The summed E-state index contributed by atoms with van der Waals surface area (Å²) in [4.78, 5) is 51.3. The summed E-state index contributed by atoms with van der Waals surface area (Å²) >= 11 is 0. The van der Waals surface area contributed by atoms with Crippen LogP contribution in [0.25, 0.3) is 0 Å². The molecular weight excluding hydrogens is 358 g/mol. The third-order valence-corrected chi connectivity index (χ3v) is 4.99. The molecule has 0 spiro atoms. The molecule has 0 aromatic heterocycles. The van der Waals surface area contributed by atoms with Gasteiger partial charge < -0.3 is 10.2 Å². The van der Waals surface area contributed by atoms with Gasteiger partial charge in [0, 0.05) is 25.2 Å². The van der Waals surface area contributed by atoms with Gasteiger partial charge in [0.15, 0.2) is 0 Å². The zero-order valence-corrected chi connectivity index (χ0v) is 15.2. The molecule has 0 bridgehead atoms. The Hall–Kier alpha value is -3.48. The summed E-state index contributed by atoms with van der Waals surface area (Å²) in [6, 6.07) is 14.0. The molecule has 0 atom stereocenters. The first-order chi connectivity index (χ1) is 13.5. The third-order valence-electron chi connectivity index (χ3n) is 4.99. The Bertz CT molecular complexity index is 933. The molecular formula is C21H19N3O4. The van der Waals surface area contributed by atoms with Crippen molar-refractivity contribution in [1.82, 2.24) is 10.2 Å². The molecule has 2 aromatic rings. The molecule has 2 aliphatic rings. The maximum atomic E-state index is 12.3. The van der Waals surface area contributed by atoms with E-state index in [1.165, 1.54) is 0 Å². The Balaban J connectivity index is 1.33. The number of hydrogen-bond donors (Lipinski definition) is 1. The van der Waals surface area contributed by atoms with Gasteiger partial charge in [0.1, 0.15) is 6.54 Å². The first kappa shape index (κ1) is 17.9. The number of fused-ring (bicyclic) bond motifs is 1. The van der Waals surface area contributed by atoms with E-state index in [4.69, 9.17) is 0 Å². The van der Waals surface area contributed by atoms with Gasteiger partial charge in [0.2, 0.25) is 11.8 Å². The molecule has 4 amide bonds. The maximum absolute atomic E-state index is 12.3. The Labute approximate surface area is 161 Å². The number of amides is 4. The van der Waals surface area contributed by atoms with Crippen molar-refractivity contribution in [3.63, 3.8) is 0 Å². The van der Waals surface area contributed by atoms with E-state index in [2.05, 4.69) is 5.32 Å². The minimum Gasteiger partial charge on any atom is -0.350 e. The lowest BCUT2D eigenvalue weighted by Gasteiger charge is -2.16. The fourth-order valence-corrected chi connectivity index (χ4v) is 3.50. The molecule has 7 heteroatoms. The van der Waals surface area contributed by atoms with Crippen LogP contribution < -0.4 is 10.2 Å². The van der Waals surface area contributed by atoms with E-state index in [-0.39, 0.29) is 19.0 Å². The van der Waals surface area contributed by atoms with Crippen LogP contribution in [0.5, 0.6) is 0 Å². The van der Waals surface area contributed by atoms with Gasteiger partial charge >= 0.3 is 0 Å². The first-order valence-corrected chi connectivity index (χ1v) is 9.16. The van der Waals surface area contributed by atoms with E-state index in [0.717, 1.165) is 29.1 Å². The van der Waals surface area contributed by atoms with E-state index in [0.29, 0.717) is 17.5 Å². The van der Waals surface area contributed by atoms with E-state index >= 15 is 0 Å². The smallest absolute Gasteiger partial charge is 0.262 e. The summed E-state index contributed by atoms with van der Waals surface area (Å²) in [5.41, 5.74) is 2.37. The normalized spacial score (nSPS) is 15.9. The first-order valence-electron chi connectivity index (χ1n) is 9.16. The molecule has 28 heavy (non-hydrogen) atoms. The zero-order valence-electron chi connectivity index (χ0n) is 15.2. The maximum Gasteiger partial charge on any atom is 0.262 e. The van der Waals surface area contributed by atoms with Crippen molar-refractivity contribution in [3.05, 3.63) is 65.2 Å². The number of carbonyl (C=O) groups excluding carboxylic acids is 4. The molecule has 0 aliphatic carbocycles. The van der Waals surface area contributed by atoms with Crippen LogP contribution in [0.1, 0.15) is 39.1 Å². The molecule has 4 rings (SSSR count). The fourth-order valence-electron chi connectivity index (χ4n) is 3.50. The largest absolute Gasteiger partial charge is 0.350 e. The van der Waals surface area contributed by atoms with Crippen molar-refractivity contribution in [2.75, 3.05) is 18.0 Å². The summed E-state index contributed by atoms with van der Waals surface area (Å²) in [6.45, 7) is 0.693. The summed E-state index contributed by atoms with van der Waals surface area (Å²) in [7, 11) is 0. The minimum absolute atomic E-state index is 0.127. The SMILES string of the molecule is O=C(CN1C(=O)c2ccccc2C1=O)NCc1ccc(N2CCCC2=O)cc1. The minimum atomic E-state index is -0.449. The molecule has 2 heterocycles. The van der Waals surface area contributed by atoms with Crippen LogP contribution in [0, 0.1) is 0 Å². The van der Waals surface area contributed by atoms with Gasteiger partial charge in [-0.05, 0) is 36.2 Å². The highest BCUT2D eigenvalue weighted by atomic mass is 16.2. The second-order valence-electron chi connectivity index (χ2n) is 6.83. The molecule has 0 saturated carbocycles. The molecule has 7 nitrogen and oxygen atoms in total. The van der Waals surface area contributed by atoms with Gasteiger partial charge in [-0.3, -0.25) is 24.1 Å². The number of anilines is 1. The lowest BCUT2D eigenvalue weighted by atomic mass is 10.1. The van der Waals surface area contributed by atoms with E-state index in [1.54, 1.807) is 29.2 Å². The van der Waals surface area contributed by atoms with Gasteiger partial charge in [0.05, 0.1) is 11.1 Å². The van der Waals surface area contributed by atoms with E-state index in [9.17, 15) is 19.2 Å². The topological polar surface area (TPSA) is 86.8 Å². The van der Waals surface area contributed by atoms with Crippen LogP contribution in [0.4, 0.5) is 5.69 Å². The van der Waals surface area contributed by atoms with Crippen molar-refractivity contribution in [2.45, 2.75) is 19.4 Å². The monoisotopic (exact) mass is 377 g/mol. The van der Waals surface area contributed by atoms with Crippen molar-refractivity contribution in [3.8, 4) is 0 Å². The summed E-state index contributed by atoms with van der Waals surface area (Å²) in [6.07, 6.45) is 1.45. The number of carbonyl (C=O) groups is 4. The number of hydrogen-bond acceptors (Lipinski definition) is 4. The number of imide groups is 1. The Morgan fingerprint density at radius 2 is 1.57 bits per heavy atom. The molecule has 2 aromatic carbocycles. The average Bonchev–Trinajstić information content (AvgIpc) is 3.24. The van der Waals surface area contributed by atoms with Gasteiger partial charge in [-0.1, -0.05) is 24.3 Å². The van der Waals surface area contributed by atoms with Crippen LogP contribution in [-0.2, 0) is 16.1 Å². The summed E-state index contributed by atoms with van der Waals surface area (Å²) in [5, 5.41) is 2.73. The highest BCUT2D eigenvalue weighted by Crippen LogP contribution is 2.23. The summed E-state index contributed by atoms with van der Waals surface area (Å²) in [5.74, 6) is -1.18. The second kappa shape index (κ2) is 7.26.